The van der Waals surface area contributed by atoms with Gasteiger partial charge in [0, 0.05) is 10.2 Å². The zero-order valence-electron chi connectivity index (χ0n) is 9.14. The molecule has 0 saturated heterocycles. The van der Waals surface area contributed by atoms with Crippen molar-refractivity contribution >= 4 is 27.5 Å². The van der Waals surface area contributed by atoms with E-state index in [1.807, 2.05) is 25.1 Å². The summed E-state index contributed by atoms with van der Waals surface area (Å²) in [7, 11) is 0. The minimum Gasteiger partial charge on any atom is -0.322 e. The van der Waals surface area contributed by atoms with Crippen LogP contribution in [0.5, 0.6) is 0 Å². The SMILES string of the molecule is Cc1ccc(NC(=O)c2ccnnc2)cc1Br. The maximum absolute atomic E-state index is 11.8. The van der Waals surface area contributed by atoms with Crippen molar-refractivity contribution in [2.24, 2.45) is 0 Å². The minimum atomic E-state index is -0.198. The van der Waals surface area contributed by atoms with Crippen LogP contribution >= 0.6 is 15.9 Å². The molecular weight excluding hydrogens is 282 g/mol. The summed E-state index contributed by atoms with van der Waals surface area (Å²) in [5.41, 5.74) is 2.34. The molecule has 1 amide bonds. The van der Waals surface area contributed by atoms with Gasteiger partial charge in [-0.05, 0) is 30.7 Å². The Balaban J connectivity index is 2.16. The normalized spacial score (nSPS) is 10.0. The molecule has 17 heavy (non-hydrogen) atoms. The first-order valence-electron chi connectivity index (χ1n) is 5.01. The number of amides is 1. The van der Waals surface area contributed by atoms with Crippen molar-refractivity contribution in [3.05, 3.63) is 52.3 Å². The summed E-state index contributed by atoms with van der Waals surface area (Å²) in [6.07, 6.45) is 2.92. The highest BCUT2D eigenvalue weighted by Gasteiger charge is 2.06. The summed E-state index contributed by atoms with van der Waals surface area (Å²) in [6.45, 7) is 1.99. The molecule has 0 radical (unpaired) electrons. The molecule has 0 aliphatic rings. The number of halogens is 1. The number of nitrogens with one attached hydrogen (secondary N) is 1. The van der Waals surface area contributed by atoms with E-state index in [-0.39, 0.29) is 5.91 Å². The van der Waals surface area contributed by atoms with E-state index < -0.39 is 0 Å². The first-order chi connectivity index (χ1) is 8.16. The van der Waals surface area contributed by atoms with E-state index in [1.54, 1.807) is 6.07 Å². The molecular formula is C12H10BrN3O. The molecule has 0 atom stereocenters. The average Bonchev–Trinajstić information content (AvgIpc) is 2.35. The van der Waals surface area contributed by atoms with Crippen LogP contribution in [0.15, 0.2) is 41.1 Å². The molecule has 5 heteroatoms. The van der Waals surface area contributed by atoms with E-state index in [9.17, 15) is 4.79 Å². The highest BCUT2D eigenvalue weighted by Crippen LogP contribution is 2.20. The zero-order valence-corrected chi connectivity index (χ0v) is 10.7. The molecule has 1 heterocycles. The van der Waals surface area contributed by atoms with E-state index in [4.69, 9.17) is 0 Å². The Morgan fingerprint density at radius 3 is 2.76 bits per heavy atom. The molecule has 0 spiro atoms. The molecule has 1 N–H and O–H groups in total. The van der Waals surface area contributed by atoms with Gasteiger partial charge >= 0.3 is 0 Å². The van der Waals surface area contributed by atoms with Gasteiger partial charge in [0.25, 0.3) is 5.91 Å². The van der Waals surface area contributed by atoms with E-state index in [0.717, 1.165) is 15.7 Å². The lowest BCUT2D eigenvalue weighted by Crippen LogP contribution is -2.12. The molecule has 4 nitrogen and oxygen atoms in total. The zero-order chi connectivity index (χ0) is 12.3. The van der Waals surface area contributed by atoms with Crippen LogP contribution in [0.25, 0.3) is 0 Å². The largest absolute Gasteiger partial charge is 0.322 e. The van der Waals surface area contributed by atoms with Gasteiger partial charge in [-0.2, -0.15) is 10.2 Å². The predicted octanol–water partition coefficient (Wildman–Crippen LogP) is 2.80. The monoisotopic (exact) mass is 291 g/mol. The fourth-order valence-electron chi connectivity index (χ4n) is 1.30. The number of hydrogen-bond donors (Lipinski definition) is 1. The molecule has 0 bridgehead atoms. The third kappa shape index (κ3) is 2.88. The molecule has 0 aliphatic heterocycles. The number of hydrogen-bond acceptors (Lipinski definition) is 3. The van der Waals surface area contributed by atoms with Crippen LogP contribution in [0.2, 0.25) is 0 Å². The van der Waals surface area contributed by atoms with Crippen LogP contribution in [0.1, 0.15) is 15.9 Å². The Kier molecular flexibility index (Phi) is 3.49. The Bertz CT molecular complexity index is 543. The van der Waals surface area contributed by atoms with Crippen molar-refractivity contribution in [1.29, 1.82) is 0 Å². The first-order valence-corrected chi connectivity index (χ1v) is 5.80. The lowest BCUT2D eigenvalue weighted by molar-refractivity contribution is 0.102. The van der Waals surface area contributed by atoms with Crippen LogP contribution in [-0.2, 0) is 0 Å². The van der Waals surface area contributed by atoms with E-state index in [2.05, 4.69) is 31.4 Å². The number of carbonyl (C=O) groups excluding carboxylic acids is 1. The van der Waals surface area contributed by atoms with Crippen molar-refractivity contribution in [3.8, 4) is 0 Å². The molecule has 1 aromatic carbocycles. The summed E-state index contributed by atoms with van der Waals surface area (Å²) >= 11 is 3.42. The van der Waals surface area contributed by atoms with Crippen LogP contribution in [0.4, 0.5) is 5.69 Å². The lowest BCUT2D eigenvalue weighted by atomic mass is 10.2. The first kappa shape index (κ1) is 11.7. The van der Waals surface area contributed by atoms with E-state index in [1.165, 1.54) is 12.4 Å². The van der Waals surface area contributed by atoms with Crippen molar-refractivity contribution < 1.29 is 4.79 Å². The highest BCUT2D eigenvalue weighted by atomic mass is 79.9. The van der Waals surface area contributed by atoms with Gasteiger partial charge < -0.3 is 5.32 Å². The van der Waals surface area contributed by atoms with Crippen LogP contribution in [0.3, 0.4) is 0 Å². The summed E-state index contributed by atoms with van der Waals surface area (Å²) in [4.78, 5) is 11.8. The molecule has 0 aliphatic carbocycles. The lowest BCUT2D eigenvalue weighted by Gasteiger charge is -2.06. The van der Waals surface area contributed by atoms with Crippen molar-refractivity contribution in [1.82, 2.24) is 10.2 Å². The summed E-state index contributed by atoms with van der Waals surface area (Å²) < 4.78 is 0.961. The second kappa shape index (κ2) is 5.05. The number of aromatic nitrogens is 2. The standard InChI is InChI=1S/C12H10BrN3O/c1-8-2-3-10(6-11(8)13)16-12(17)9-4-5-14-15-7-9/h2-7H,1H3,(H,16,17). The maximum atomic E-state index is 11.8. The fourth-order valence-corrected chi connectivity index (χ4v) is 1.68. The minimum absolute atomic E-state index is 0.198. The van der Waals surface area contributed by atoms with Gasteiger partial charge in [-0.3, -0.25) is 4.79 Å². The molecule has 0 saturated carbocycles. The molecule has 2 rings (SSSR count). The summed E-state index contributed by atoms with van der Waals surface area (Å²) in [5, 5.41) is 10.1. The van der Waals surface area contributed by atoms with Gasteiger partial charge in [0.1, 0.15) is 0 Å². The molecule has 1 aromatic heterocycles. The van der Waals surface area contributed by atoms with Crippen LogP contribution in [-0.4, -0.2) is 16.1 Å². The molecule has 0 fully saturated rings. The average molecular weight is 292 g/mol. The van der Waals surface area contributed by atoms with Crippen LogP contribution in [0, 0.1) is 6.92 Å². The summed E-state index contributed by atoms with van der Waals surface area (Å²) in [6, 6.07) is 7.27. The van der Waals surface area contributed by atoms with Crippen molar-refractivity contribution in [3.63, 3.8) is 0 Å². The Labute approximate surface area is 107 Å². The van der Waals surface area contributed by atoms with Crippen molar-refractivity contribution in [2.75, 3.05) is 5.32 Å². The quantitative estimate of drug-likeness (QED) is 0.926. The van der Waals surface area contributed by atoms with Gasteiger partial charge in [-0.1, -0.05) is 22.0 Å². The highest BCUT2D eigenvalue weighted by molar-refractivity contribution is 9.10. The third-order valence-electron chi connectivity index (χ3n) is 2.28. The second-order valence-electron chi connectivity index (χ2n) is 3.55. The van der Waals surface area contributed by atoms with Crippen molar-refractivity contribution in [2.45, 2.75) is 6.92 Å². The Morgan fingerprint density at radius 2 is 2.12 bits per heavy atom. The molecule has 2 aromatic rings. The fraction of sp³-hybridized carbons (Fsp3) is 0.0833. The Morgan fingerprint density at radius 1 is 1.29 bits per heavy atom. The summed E-state index contributed by atoms with van der Waals surface area (Å²) in [5.74, 6) is -0.198. The van der Waals surface area contributed by atoms with E-state index in [0.29, 0.717) is 5.56 Å². The second-order valence-corrected chi connectivity index (χ2v) is 4.40. The molecule has 0 unspecified atom stereocenters. The number of carbonyl (C=O) groups is 1. The topological polar surface area (TPSA) is 54.9 Å². The molecule has 86 valence electrons. The van der Waals surface area contributed by atoms with Crippen LogP contribution < -0.4 is 5.32 Å². The number of rotatable bonds is 2. The number of nitrogens with zero attached hydrogens (tertiary/aromatic N) is 2. The predicted molar refractivity (Wildman–Crippen MR) is 68.9 cm³/mol. The van der Waals surface area contributed by atoms with E-state index >= 15 is 0 Å². The van der Waals surface area contributed by atoms with Gasteiger partial charge in [-0.15, -0.1) is 0 Å². The number of benzene rings is 1. The Hall–Kier alpha value is -1.75. The maximum Gasteiger partial charge on any atom is 0.257 e. The van der Waals surface area contributed by atoms with Gasteiger partial charge in [0.05, 0.1) is 18.0 Å². The number of aryl methyl sites for hydroxylation is 1. The van der Waals surface area contributed by atoms with Gasteiger partial charge in [0.15, 0.2) is 0 Å². The smallest absolute Gasteiger partial charge is 0.257 e. The third-order valence-corrected chi connectivity index (χ3v) is 3.13. The van der Waals surface area contributed by atoms with Gasteiger partial charge in [0.2, 0.25) is 0 Å². The van der Waals surface area contributed by atoms with Gasteiger partial charge in [-0.25, -0.2) is 0 Å². The number of anilines is 1.